The second kappa shape index (κ2) is 7.36. The first-order chi connectivity index (χ1) is 14.4. The zero-order valence-corrected chi connectivity index (χ0v) is 15.1. The van der Waals surface area contributed by atoms with Gasteiger partial charge in [0.25, 0.3) is 11.5 Å². The van der Waals surface area contributed by atoms with Crippen molar-refractivity contribution in [2.24, 2.45) is 0 Å². The van der Waals surface area contributed by atoms with Gasteiger partial charge in [0.15, 0.2) is 5.65 Å². The highest BCUT2D eigenvalue weighted by atomic mass is 19.1. The number of fused-ring (bicyclic) bond motifs is 1. The number of carbonyl (C=O) groups is 1. The lowest BCUT2D eigenvalue weighted by Gasteiger charge is -2.14. The van der Waals surface area contributed by atoms with Gasteiger partial charge in [0.1, 0.15) is 28.8 Å². The molecule has 0 radical (unpaired) electrons. The molecule has 0 aliphatic carbocycles. The van der Waals surface area contributed by atoms with Crippen LogP contribution in [0.1, 0.15) is 10.4 Å². The second-order valence-corrected chi connectivity index (χ2v) is 6.30. The normalized spacial score (nSPS) is 10.9. The van der Waals surface area contributed by atoms with Crippen LogP contribution < -0.4 is 10.9 Å². The van der Waals surface area contributed by atoms with Gasteiger partial charge in [-0.3, -0.25) is 14.2 Å². The fraction of sp³-hybridized carbons (Fsp3) is 0. The average molecular weight is 411 g/mol. The molecule has 0 unspecified atom stereocenters. The molecule has 9 heteroatoms. The van der Waals surface area contributed by atoms with E-state index in [9.17, 15) is 27.9 Å². The molecule has 0 saturated carbocycles. The van der Waals surface area contributed by atoms with Crippen molar-refractivity contribution in [2.45, 2.75) is 0 Å². The second-order valence-electron chi connectivity index (χ2n) is 6.30. The van der Waals surface area contributed by atoms with Gasteiger partial charge in [-0.2, -0.15) is 0 Å². The Morgan fingerprint density at radius 2 is 1.77 bits per heavy atom. The predicted molar refractivity (Wildman–Crippen MR) is 103 cm³/mol. The van der Waals surface area contributed by atoms with Gasteiger partial charge < -0.3 is 10.4 Å². The minimum atomic E-state index is -1.17. The number of amides is 1. The van der Waals surface area contributed by atoms with Gasteiger partial charge in [0, 0.05) is 12.3 Å². The van der Waals surface area contributed by atoms with E-state index in [4.69, 9.17) is 0 Å². The van der Waals surface area contributed by atoms with Crippen LogP contribution in [0.3, 0.4) is 0 Å². The number of hydrogen-bond donors (Lipinski definition) is 2. The minimum Gasteiger partial charge on any atom is -0.506 e. The number of nitrogens with one attached hydrogen (secondary N) is 1. The number of benzene rings is 2. The highest BCUT2D eigenvalue weighted by Gasteiger charge is 2.24. The molecule has 1 amide bonds. The number of pyridine rings is 2. The molecule has 0 atom stereocenters. The zero-order valence-electron chi connectivity index (χ0n) is 15.1. The van der Waals surface area contributed by atoms with E-state index in [1.807, 2.05) is 0 Å². The van der Waals surface area contributed by atoms with Crippen molar-refractivity contribution in [1.82, 2.24) is 9.55 Å². The van der Waals surface area contributed by atoms with Crippen LogP contribution in [0.2, 0.25) is 0 Å². The quantitative estimate of drug-likeness (QED) is 0.538. The summed E-state index contributed by atoms with van der Waals surface area (Å²) in [5.74, 6) is -4.24. The predicted octanol–water partition coefficient (Wildman–Crippen LogP) is 3.76. The Bertz CT molecular complexity index is 1370. The van der Waals surface area contributed by atoms with Crippen LogP contribution in [0.4, 0.5) is 18.9 Å². The average Bonchev–Trinajstić information content (AvgIpc) is 2.71. The van der Waals surface area contributed by atoms with Gasteiger partial charge in [0.05, 0.1) is 16.8 Å². The van der Waals surface area contributed by atoms with Gasteiger partial charge in [-0.25, -0.2) is 18.2 Å². The van der Waals surface area contributed by atoms with Crippen molar-refractivity contribution in [3.63, 3.8) is 0 Å². The van der Waals surface area contributed by atoms with Crippen molar-refractivity contribution >= 4 is 22.6 Å². The summed E-state index contributed by atoms with van der Waals surface area (Å²) < 4.78 is 42.0. The van der Waals surface area contributed by atoms with Crippen LogP contribution in [-0.4, -0.2) is 20.6 Å². The molecule has 0 aliphatic heterocycles. The fourth-order valence-corrected chi connectivity index (χ4v) is 3.04. The number of carbonyl (C=O) groups excluding carboxylic acids is 1. The first-order valence-electron chi connectivity index (χ1n) is 8.62. The summed E-state index contributed by atoms with van der Waals surface area (Å²) in [6, 6.07) is 10.3. The molecule has 30 heavy (non-hydrogen) atoms. The lowest BCUT2D eigenvalue weighted by atomic mass is 10.1. The van der Waals surface area contributed by atoms with Gasteiger partial charge in [-0.05, 0) is 42.5 Å². The fourth-order valence-electron chi connectivity index (χ4n) is 3.04. The van der Waals surface area contributed by atoms with Gasteiger partial charge in [-0.15, -0.1) is 0 Å². The maximum atomic E-state index is 13.9. The molecule has 0 saturated heterocycles. The molecular weight excluding hydrogens is 399 g/mol. The summed E-state index contributed by atoms with van der Waals surface area (Å²) in [4.78, 5) is 29.9. The molecule has 0 aliphatic rings. The lowest BCUT2D eigenvalue weighted by molar-refractivity contribution is 0.102. The number of anilines is 1. The molecule has 6 nitrogen and oxygen atoms in total. The van der Waals surface area contributed by atoms with E-state index in [1.54, 1.807) is 0 Å². The third-order valence-corrected chi connectivity index (χ3v) is 4.38. The highest BCUT2D eigenvalue weighted by Crippen LogP contribution is 2.28. The Balaban J connectivity index is 1.95. The van der Waals surface area contributed by atoms with Gasteiger partial charge in [0.2, 0.25) is 0 Å². The number of halogens is 3. The Hall–Kier alpha value is -4.14. The molecule has 0 fully saturated rings. The Morgan fingerprint density at radius 3 is 2.53 bits per heavy atom. The third-order valence-electron chi connectivity index (χ3n) is 4.38. The van der Waals surface area contributed by atoms with Crippen LogP contribution in [0.25, 0.3) is 16.7 Å². The van der Waals surface area contributed by atoms with Crippen LogP contribution in [0.5, 0.6) is 5.75 Å². The molecule has 2 aromatic carbocycles. The minimum absolute atomic E-state index is 0.0147. The van der Waals surface area contributed by atoms with Crippen LogP contribution >= 0.6 is 0 Å². The first-order valence-corrected chi connectivity index (χ1v) is 8.62. The molecule has 0 spiro atoms. The standard InChI is InChI=1S/C21H12F3N3O3/c22-11-3-1-4-13(9-11)27-19-14(5-2-8-25-19)18(28)17(21(27)30)20(29)26-16-10-12(23)6-7-15(16)24/h1-10,28H,(H,26,29). The van der Waals surface area contributed by atoms with Gasteiger partial charge >= 0.3 is 0 Å². The Morgan fingerprint density at radius 1 is 1.00 bits per heavy atom. The number of aromatic nitrogens is 2. The number of rotatable bonds is 3. The monoisotopic (exact) mass is 411 g/mol. The largest absolute Gasteiger partial charge is 0.506 e. The van der Waals surface area contributed by atoms with Crippen molar-refractivity contribution in [1.29, 1.82) is 0 Å². The number of hydrogen-bond acceptors (Lipinski definition) is 4. The van der Waals surface area contributed by atoms with E-state index in [2.05, 4.69) is 10.3 Å². The molecule has 2 heterocycles. The smallest absolute Gasteiger partial charge is 0.273 e. The Kier molecular flexibility index (Phi) is 4.71. The molecule has 2 aromatic heterocycles. The molecule has 150 valence electrons. The van der Waals surface area contributed by atoms with E-state index in [-0.39, 0.29) is 16.7 Å². The maximum absolute atomic E-state index is 13.9. The summed E-state index contributed by atoms with van der Waals surface area (Å²) in [7, 11) is 0. The first kappa shape index (κ1) is 19.2. The van der Waals surface area contributed by atoms with E-state index in [0.29, 0.717) is 0 Å². The van der Waals surface area contributed by atoms with Crippen molar-refractivity contribution in [3.05, 3.63) is 94.2 Å². The van der Waals surface area contributed by atoms with E-state index in [1.165, 1.54) is 36.5 Å². The number of aromatic hydroxyl groups is 1. The molecular formula is C21H12F3N3O3. The summed E-state index contributed by atoms with van der Waals surface area (Å²) in [6.45, 7) is 0. The summed E-state index contributed by atoms with van der Waals surface area (Å²) in [5.41, 5.74) is -2.21. The Labute approximate surface area is 166 Å². The van der Waals surface area contributed by atoms with Gasteiger partial charge in [-0.1, -0.05) is 6.07 Å². The molecule has 4 aromatic rings. The maximum Gasteiger partial charge on any atom is 0.273 e. The molecule has 2 N–H and O–H groups in total. The third kappa shape index (κ3) is 3.26. The highest BCUT2D eigenvalue weighted by molar-refractivity contribution is 6.09. The summed E-state index contributed by atoms with van der Waals surface area (Å²) >= 11 is 0. The van der Waals surface area contributed by atoms with Crippen molar-refractivity contribution in [3.8, 4) is 11.4 Å². The SMILES string of the molecule is O=C(Nc1cc(F)ccc1F)c1c(O)c2cccnc2n(-c2cccc(F)c2)c1=O. The van der Waals surface area contributed by atoms with Crippen LogP contribution in [-0.2, 0) is 0 Å². The van der Waals surface area contributed by atoms with E-state index >= 15 is 0 Å². The zero-order chi connectivity index (χ0) is 21.4. The molecule has 0 bridgehead atoms. The van der Waals surface area contributed by atoms with Crippen molar-refractivity contribution < 1.29 is 23.1 Å². The van der Waals surface area contributed by atoms with Crippen LogP contribution in [0.15, 0.2) is 65.6 Å². The van der Waals surface area contributed by atoms with Crippen LogP contribution in [0, 0.1) is 17.5 Å². The van der Waals surface area contributed by atoms with Crippen molar-refractivity contribution in [2.75, 3.05) is 5.32 Å². The topological polar surface area (TPSA) is 84.2 Å². The summed E-state index contributed by atoms with van der Waals surface area (Å²) in [5, 5.41) is 12.7. The lowest BCUT2D eigenvalue weighted by Crippen LogP contribution is -2.29. The summed E-state index contributed by atoms with van der Waals surface area (Å²) in [6.07, 6.45) is 1.36. The van der Waals surface area contributed by atoms with E-state index in [0.717, 1.165) is 28.8 Å². The molecule has 4 rings (SSSR count). The number of nitrogens with zero attached hydrogens (tertiary/aromatic N) is 2. The van der Waals surface area contributed by atoms with E-state index < -0.39 is 45.9 Å².